The molecular weight excluding hydrogens is 470 g/mol. The van der Waals surface area contributed by atoms with Crippen molar-refractivity contribution in [3.63, 3.8) is 0 Å². The molecule has 9 nitrogen and oxygen atoms in total. The van der Waals surface area contributed by atoms with E-state index in [0.29, 0.717) is 32.0 Å². The van der Waals surface area contributed by atoms with Crippen molar-refractivity contribution >= 4 is 27.7 Å². The lowest BCUT2D eigenvalue weighted by Gasteiger charge is -2.21. The Morgan fingerprint density at radius 2 is 1.50 bits per heavy atom. The van der Waals surface area contributed by atoms with Gasteiger partial charge in [-0.1, -0.05) is 13.8 Å². The Morgan fingerprint density at radius 1 is 0.882 bits per heavy atom. The van der Waals surface area contributed by atoms with Crippen molar-refractivity contribution in [2.75, 3.05) is 19.6 Å². The minimum atomic E-state index is -3.69. The van der Waals surface area contributed by atoms with Crippen molar-refractivity contribution in [2.24, 2.45) is 0 Å². The smallest absolute Gasteiger partial charge is 0.272 e. The van der Waals surface area contributed by atoms with Crippen LogP contribution in [0.1, 0.15) is 47.4 Å². The predicted octanol–water partition coefficient (Wildman–Crippen LogP) is 1.97. The summed E-state index contributed by atoms with van der Waals surface area (Å²) >= 11 is 0. The zero-order valence-electron chi connectivity index (χ0n) is 18.7. The number of halogens is 2. The lowest BCUT2D eigenvalue weighted by molar-refractivity contribution is -0.120. The fraction of sp³-hybridized carbons (Fsp3) is 0.318. The summed E-state index contributed by atoms with van der Waals surface area (Å²) in [6.45, 7) is 4.00. The van der Waals surface area contributed by atoms with Crippen molar-refractivity contribution < 1.29 is 31.6 Å². The summed E-state index contributed by atoms with van der Waals surface area (Å²) in [5.41, 5.74) is 3.41. The molecule has 34 heavy (non-hydrogen) atoms. The fourth-order valence-electron chi connectivity index (χ4n) is 2.95. The van der Waals surface area contributed by atoms with Crippen LogP contribution in [0.15, 0.2) is 47.4 Å². The average Bonchev–Trinajstić information content (AvgIpc) is 2.82. The van der Waals surface area contributed by atoms with Gasteiger partial charge in [0.25, 0.3) is 17.7 Å². The highest BCUT2D eigenvalue weighted by atomic mass is 32.2. The van der Waals surface area contributed by atoms with Crippen molar-refractivity contribution in [2.45, 2.75) is 31.6 Å². The first-order valence-corrected chi connectivity index (χ1v) is 12.0. The van der Waals surface area contributed by atoms with Crippen molar-refractivity contribution in [3.8, 4) is 0 Å². The van der Waals surface area contributed by atoms with Gasteiger partial charge in [-0.05, 0) is 55.3 Å². The van der Waals surface area contributed by atoms with E-state index in [2.05, 4.69) is 5.32 Å². The molecule has 0 aliphatic carbocycles. The molecule has 0 bridgehead atoms. The number of hydrogen-bond donors (Lipinski definition) is 3. The van der Waals surface area contributed by atoms with Crippen LogP contribution in [-0.4, -0.2) is 50.1 Å². The molecule has 0 saturated carbocycles. The maximum atomic E-state index is 13.6. The predicted molar refractivity (Wildman–Crippen MR) is 120 cm³/mol. The first-order valence-electron chi connectivity index (χ1n) is 10.5. The van der Waals surface area contributed by atoms with E-state index in [1.54, 1.807) is 0 Å². The third-order valence-corrected chi connectivity index (χ3v) is 6.51. The zero-order valence-corrected chi connectivity index (χ0v) is 19.5. The van der Waals surface area contributed by atoms with E-state index in [1.807, 2.05) is 24.7 Å². The van der Waals surface area contributed by atoms with Gasteiger partial charge in [-0.15, -0.1) is 0 Å². The van der Waals surface area contributed by atoms with E-state index in [4.69, 9.17) is 0 Å². The normalized spacial score (nSPS) is 11.2. The summed E-state index contributed by atoms with van der Waals surface area (Å²) in [6, 6.07) is 7.57. The highest BCUT2D eigenvalue weighted by molar-refractivity contribution is 7.89. The summed E-state index contributed by atoms with van der Waals surface area (Å²) in [6.07, 6.45) is 1.33. The first-order chi connectivity index (χ1) is 16.1. The Balaban J connectivity index is 1.91. The quantitative estimate of drug-likeness (QED) is 0.434. The topological polar surface area (TPSA) is 125 Å². The number of hydrogen-bond acceptors (Lipinski definition) is 5. The summed E-state index contributed by atoms with van der Waals surface area (Å²) in [4.78, 5) is 36.0. The Labute approximate surface area is 196 Å². The molecule has 3 N–H and O–H groups in total. The summed E-state index contributed by atoms with van der Waals surface area (Å²) in [7, 11) is -3.69. The van der Waals surface area contributed by atoms with Gasteiger partial charge in [0.1, 0.15) is 11.6 Å². The summed E-state index contributed by atoms with van der Waals surface area (Å²) in [5.74, 6) is -4.35. The Morgan fingerprint density at radius 3 is 2.09 bits per heavy atom. The molecule has 2 aromatic carbocycles. The Hall–Kier alpha value is -3.38. The third-order valence-electron chi connectivity index (χ3n) is 4.60. The zero-order chi connectivity index (χ0) is 25.3. The molecule has 0 aliphatic rings. The van der Waals surface area contributed by atoms with Crippen molar-refractivity contribution in [1.82, 2.24) is 20.5 Å². The van der Waals surface area contributed by atoms with Gasteiger partial charge in [0.15, 0.2) is 0 Å². The van der Waals surface area contributed by atoms with Crippen LogP contribution in [0.5, 0.6) is 0 Å². The molecule has 3 amide bonds. The lowest BCUT2D eigenvalue weighted by Crippen LogP contribution is -2.46. The number of rotatable bonds is 10. The van der Waals surface area contributed by atoms with E-state index in [0.717, 1.165) is 12.1 Å². The minimum Gasteiger partial charge on any atom is -0.343 e. The second kappa shape index (κ2) is 12.2. The van der Waals surface area contributed by atoms with E-state index in [1.165, 1.54) is 28.6 Å². The molecule has 0 radical (unpaired) electrons. The molecule has 0 unspecified atom stereocenters. The SMILES string of the molecule is CCCN(CCC)S(=O)(=O)c1ccc(C(=O)NCC(=O)NNC(=O)c2cc(F)ccc2F)cc1. The van der Waals surface area contributed by atoms with Crippen LogP contribution in [-0.2, 0) is 14.8 Å². The first kappa shape index (κ1) is 26.9. The molecule has 184 valence electrons. The molecule has 0 aromatic heterocycles. The van der Waals surface area contributed by atoms with E-state index >= 15 is 0 Å². The minimum absolute atomic E-state index is 0.0518. The van der Waals surface area contributed by atoms with Crippen LogP contribution < -0.4 is 16.2 Å². The molecule has 0 saturated heterocycles. The number of carbonyl (C=O) groups excluding carboxylic acids is 3. The van der Waals surface area contributed by atoms with E-state index in [9.17, 15) is 31.6 Å². The highest BCUT2D eigenvalue weighted by Gasteiger charge is 2.23. The van der Waals surface area contributed by atoms with Gasteiger partial charge in [-0.2, -0.15) is 4.31 Å². The lowest BCUT2D eigenvalue weighted by atomic mass is 10.2. The molecule has 12 heteroatoms. The molecule has 0 heterocycles. The number of amides is 3. The Kier molecular flexibility index (Phi) is 9.63. The van der Waals surface area contributed by atoms with E-state index < -0.39 is 51.5 Å². The van der Waals surface area contributed by atoms with Crippen LogP contribution in [0.25, 0.3) is 0 Å². The van der Waals surface area contributed by atoms with Gasteiger partial charge in [-0.25, -0.2) is 17.2 Å². The largest absolute Gasteiger partial charge is 0.343 e. The highest BCUT2D eigenvalue weighted by Crippen LogP contribution is 2.17. The second-order valence-electron chi connectivity index (χ2n) is 7.24. The Bertz CT molecular complexity index is 1130. The van der Waals surface area contributed by atoms with Crippen molar-refractivity contribution in [3.05, 3.63) is 65.2 Å². The second-order valence-corrected chi connectivity index (χ2v) is 9.18. The monoisotopic (exact) mass is 496 g/mol. The summed E-state index contributed by atoms with van der Waals surface area (Å²) < 4.78 is 53.7. The van der Waals surface area contributed by atoms with Crippen LogP contribution in [0.2, 0.25) is 0 Å². The molecule has 2 rings (SSSR count). The molecule has 0 atom stereocenters. The molecule has 0 spiro atoms. The van der Waals surface area contributed by atoms with E-state index in [-0.39, 0.29) is 10.5 Å². The average molecular weight is 497 g/mol. The maximum absolute atomic E-state index is 13.6. The third kappa shape index (κ3) is 7.06. The maximum Gasteiger partial charge on any atom is 0.272 e. The van der Waals surface area contributed by atoms with Gasteiger partial charge in [0, 0.05) is 18.7 Å². The molecular formula is C22H26F2N4O5S. The van der Waals surface area contributed by atoms with Crippen molar-refractivity contribution in [1.29, 1.82) is 0 Å². The van der Waals surface area contributed by atoms with Crippen LogP contribution in [0, 0.1) is 11.6 Å². The fourth-order valence-corrected chi connectivity index (χ4v) is 4.57. The molecule has 0 fully saturated rings. The van der Waals surface area contributed by atoms with Gasteiger partial charge in [0.2, 0.25) is 10.0 Å². The number of nitrogens with zero attached hydrogens (tertiary/aromatic N) is 1. The number of carbonyl (C=O) groups is 3. The number of hydrazine groups is 1. The van der Waals surface area contributed by atoms with Crippen LogP contribution in [0.4, 0.5) is 8.78 Å². The number of nitrogens with one attached hydrogen (secondary N) is 3. The van der Waals surface area contributed by atoms with Crippen LogP contribution >= 0.6 is 0 Å². The number of benzene rings is 2. The summed E-state index contributed by atoms with van der Waals surface area (Å²) in [5, 5.41) is 2.31. The number of sulfonamides is 1. The van der Waals surface area contributed by atoms with Crippen LogP contribution in [0.3, 0.4) is 0 Å². The molecule has 0 aliphatic heterocycles. The van der Waals surface area contributed by atoms with Gasteiger partial charge < -0.3 is 5.32 Å². The standard InChI is InChI=1S/C22H26F2N4O5S/c1-3-11-28(12-4-2)34(32,33)17-8-5-15(6-9-17)21(30)25-14-20(29)26-27-22(31)18-13-16(23)7-10-19(18)24/h5-10,13H,3-4,11-12,14H2,1-2H3,(H,25,30)(H,26,29)(H,27,31). The van der Waals surface area contributed by atoms with Gasteiger partial charge in [0.05, 0.1) is 17.0 Å². The van der Waals surface area contributed by atoms with Gasteiger partial charge in [-0.3, -0.25) is 25.2 Å². The van der Waals surface area contributed by atoms with Gasteiger partial charge >= 0.3 is 0 Å². The molecule has 2 aromatic rings.